The van der Waals surface area contributed by atoms with Gasteiger partial charge in [0.1, 0.15) is 12.4 Å². The Morgan fingerprint density at radius 1 is 1.00 bits per heavy atom. The molecule has 1 amide bonds. The van der Waals surface area contributed by atoms with Crippen molar-refractivity contribution in [1.29, 1.82) is 0 Å². The van der Waals surface area contributed by atoms with Crippen molar-refractivity contribution in [2.45, 2.75) is 26.4 Å². The number of carbonyl (C=O) groups excluding carboxylic acids is 1. The Morgan fingerprint density at radius 3 is 2.43 bits per heavy atom. The highest BCUT2D eigenvalue weighted by atomic mass is 16.2. The van der Waals surface area contributed by atoms with Crippen LogP contribution in [0.15, 0.2) is 83.8 Å². The summed E-state index contributed by atoms with van der Waals surface area (Å²) in [7, 11) is 0. The number of anilines is 2. The molecule has 0 saturated carbocycles. The summed E-state index contributed by atoms with van der Waals surface area (Å²) in [5, 5.41) is 6.01. The first kappa shape index (κ1) is 23.7. The van der Waals surface area contributed by atoms with E-state index in [2.05, 4.69) is 20.6 Å². The van der Waals surface area contributed by atoms with Crippen LogP contribution in [0.25, 0.3) is 11.3 Å². The quantitative estimate of drug-likeness (QED) is 0.348. The summed E-state index contributed by atoms with van der Waals surface area (Å²) in [5.74, 6) is 0.356. The van der Waals surface area contributed by atoms with Crippen molar-refractivity contribution >= 4 is 17.5 Å². The number of aryl methyl sites for hydroxylation is 1. The summed E-state index contributed by atoms with van der Waals surface area (Å²) in [6.07, 6.45) is 2.38. The van der Waals surface area contributed by atoms with Crippen molar-refractivity contribution in [3.05, 3.63) is 106 Å². The number of amides is 1. The van der Waals surface area contributed by atoms with E-state index in [1.54, 1.807) is 12.3 Å². The van der Waals surface area contributed by atoms with Crippen molar-refractivity contribution in [3.8, 4) is 11.3 Å². The molecule has 8 heteroatoms. The SMILES string of the molecule is Cc1nc(N)ccc1CNC(=O)Cn1c(-c2ccccc2)cnc(NCCc2ccccc2)c1=O. The first-order chi connectivity index (χ1) is 17.0. The molecular weight excluding hydrogens is 440 g/mol. The number of nitrogens with one attached hydrogen (secondary N) is 2. The van der Waals surface area contributed by atoms with Crippen LogP contribution in [0.1, 0.15) is 16.8 Å². The standard InChI is InChI=1S/C27H28N6O2/c1-19-22(12-13-24(28)32-19)16-30-25(34)18-33-23(21-10-6-3-7-11-21)17-31-26(27(33)35)29-15-14-20-8-4-2-5-9-20/h2-13,17H,14-16,18H2,1H3,(H2,28,32)(H,29,31)(H,30,34). The number of rotatable bonds is 9. The first-order valence-electron chi connectivity index (χ1n) is 11.4. The minimum atomic E-state index is -0.347. The van der Waals surface area contributed by atoms with Gasteiger partial charge < -0.3 is 16.4 Å². The molecule has 8 nitrogen and oxygen atoms in total. The lowest BCUT2D eigenvalue weighted by molar-refractivity contribution is -0.121. The summed E-state index contributed by atoms with van der Waals surface area (Å²) in [6, 6.07) is 23.0. The Hall–Kier alpha value is -4.46. The molecule has 0 radical (unpaired) electrons. The van der Waals surface area contributed by atoms with Crippen molar-refractivity contribution in [1.82, 2.24) is 19.9 Å². The maximum atomic E-state index is 13.3. The molecule has 4 aromatic rings. The molecule has 0 atom stereocenters. The maximum Gasteiger partial charge on any atom is 0.294 e. The molecule has 0 aliphatic heterocycles. The van der Waals surface area contributed by atoms with Crippen molar-refractivity contribution in [3.63, 3.8) is 0 Å². The van der Waals surface area contributed by atoms with E-state index in [-0.39, 0.29) is 23.8 Å². The van der Waals surface area contributed by atoms with Gasteiger partial charge in [0.05, 0.1) is 11.9 Å². The number of hydrogen-bond donors (Lipinski definition) is 3. The van der Waals surface area contributed by atoms with Crippen LogP contribution < -0.4 is 21.9 Å². The van der Waals surface area contributed by atoms with E-state index in [0.717, 1.165) is 28.8 Å². The average Bonchev–Trinajstić information content (AvgIpc) is 2.87. The van der Waals surface area contributed by atoms with Gasteiger partial charge in [-0.15, -0.1) is 0 Å². The lowest BCUT2D eigenvalue weighted by Crippen LogP contribution is -2.34. The zero-order valence-corrected chi connectivity index (χ0v) is 19.6. The van der Waals surface area contributed by atoms with Crippen LogP contribution in [0, 0.1) is 6.92 Å². The number of nitrogens with two attached hydrogens (primary N) is 1. The zero-order chi connectivity index (χ0) is 24.6. The molecule has 2 heterocycles. The van der Waals surface area contributed by atoms with Crippen LogP contribution in [-0.2, 0) is 24.3 Å². The summed E-state index contributed by atoms with van der Waals surface area (Å²) in [4.78, 5) is 34.8. The normalized spacial score (nSPS) is 10.7. The van der Waals surface area contributed by atoms with Gasteiger partial charge >= 0.3 is 0 Å². The summed E-state index contributed by atoms with van der Waals surface area (Å²) in [6.45, 7) is 2.54. The molecule has 178 valence electrons. The highest BCUT2D eigenvalue weighted by molar-refractivity contribution is 5.77. The summed E-state index contributed by atoms with van der Waals surface area (Å²) >= 11 is 0. The van der Waals surface area contributed by atoms with Gasteiger partial charge in [0.2, 0.25) is 5.91 Å². The van der Waals surface area contributed by atoms with E-state index in [9.17, 15) is 9.59 Å². The molecule has 4 rings (SSSR count). The van der Waals surface area contributed by atoms with Gasteiger partial charge in [-0.2, -0.15) is 0 Å². The van der Waals surface area contributed by atoms with E-state index in [1.165, 1.54) is 4.57 Å². The molecule has 0 unspecified atom stereocenters. The predicted molar refractivity (Wildman–Crippen MR) is 138 cm³/mol. The largest absolute Gasteiger partial charge is 0.384 e. The van der Waals surface area contributed by atoms with Crippen LogP contribution in [-0.4, -0.2) is 27.0 Å². The first-order valence-corrected chi connectivity index (χ1v) is 11.4. The smallest absolute Gasteiger partial charge is 0.294 e. The van der Waals surface area contributed by atoms with Crippen molar-refractivity contribution < 1.29 is 4.79 Å². The minimum absolute atomic E-state index is 0.138. The Kier molecular flexibility index (Phi) is 7.52. The predicted octanol–water partition coefficient (Wildman–Crippen LogP) is 3.17. The van der Waals surface area contributed by atoms with Crippen molar-refractivity contribution in [2.75, 3.05) is 17.6 Å². The molecule has 0 spiro atoms. The number of benzene rings is 2. The van der Waals surface area contributed by atoms with Crippen LogP contribution in [0.5, 0.6) is 0 Å². The second-order valence-electron chi connectivity index (χ2n) is 8.17. The third-order valence-electron chi connectivity index (χ3n) is 5.67. The van der Waals surface area contributed by atoms with Gasteiger partial charge in [-0.3, -0.25) is 14.2 Å². The van der Waals surface area contributed by atoms with E-state index in [1.807, 2.05) is 73.7 Å². The third kappa shape index (κ3) is 6.11. The van der Waals surface area contributed by atoms with Gasteiger partial charge in [-0.1, -0.05) is 66.7 Å². The van der Waals surface area contributed by atoms with Gasteiger partial charge in [-0.05, 0) is 36.1 Å². The van der Waals surface area contributed by atoms with Crippen LogP contribution in [0.3, 0.4) is 0 Å². The van der Waals surface area contributed by atoms with E-state index >= 15 is 0 Å². The topological polar surface area (TPSA) is 115 Å². The molecule has 4 N–H and O–H groups in total. The van der Waals surface area contributed by atoms with Crippen molar-refractivity contribution in [2.24, 2.45) is 0 Å². The van der Waals surface area contributed by atoms with Gasteiger partial charge in [-0.25, -0.2) is 9.97 Å². The molecule has 35 heavy (non-hydrogen) atoms. The Labute approximate surface area is 203 Å². The van der Waals surface area contributed by atoms with E-state index in [0.29, 0.717) is 24.6 Å². The fraction of sp³-hybridized carbons (Fsp3) is 0.185. The number of nitrogens with zero attached hydrogens (tertiary/aromatic N) is 3. The van der Waals surface area contributed by atoms with Crippen LogP contribution in [0.4, 0.5) is 11.6 Å². The lowest BCUT2D eigenvalue weighted by Gasteiger charge is -2.15. The number of aromatic nitrogens is 3. The van der Waals surface area contributed by atoms with Gasteiger partial charge in [0.25, 0.3) is 5.56 Å². The Morgan fingerprint density at radius 2 is 1.71 bits per heavy atom. The molecule has 0 aliphatic carbocycles. The van der Waals surface area contributed by atoms with Gasteiger partial charge in [0, 0.05) is 18.8 Å². The second-order valence-corrected chi connectivity index (χ2v) is 8.17. The number of pyridine rings is 1. The number of carbonyl (C=O) groups is 1. The highest BCUT2D eigenvalue weighted by Gasteiger charge is 2.15. The molecule has 2 aromatic carbocycles. The molecule has 0 aliphatic rings. The average molecular weight is 469 g/mol. The maximum absolute atomic E-state index is 13.3. The van der Waals surface area contributed by atoms with Gasteiger partial charge in [0.15, 0.2) is 5.82 Å². The monoisotopic (exact) mass is 468 g/mol. The third-order valence-corrected chi connectivity index (χ3v) is 5.67. The summed E-state index contributed by atoms with van der Waals surface area (Å²) < 4.78 is 1.45. The number of hydrogen-bond acceptors (Lipinski definition) is 6. The Balaban J connectivity index is 1.53. The van der Waals surface area contributed by atoms with E-state index in [4.69, 9.17) is 5.73 Å². The highest BCUT2D eigenvalue weighted by Crippen LogP contribution is 2.18. The Bertz CT molecular complexity index is 1350. The zero-order valence-electron chi connectivity index (χ0n) is 19.6. The molecule has 0 fully saturated rings. The molecule has 2 aromatic heterocycles. The molecular formula is C27H28N6O2. The van der Waals surface area contributed by atoms with E-state index < -0.39 is 0 Å². The second kappa shape index (κ2) is 11.1. The van der Waals surface area contributed by atoms with Crippen LogP contribution >= 0.6 is 0 Å². The molecule has 0 saturated heterocycles. The fourth-order valence-electron chi connectivity index (χ4n) is 3.76. The molecule has 0 bridgehead atoms. The fourth-order valence-corrected chi connectivity index (χ4v) is 3.76. The lowest BCUT2D eigenvalue weighted by atomic mass is 10.1. The number of nitrogen functional groups attached to an aromatic ring is 1. The summed E-state index contributed by atoms with van der Waals surface area (Å²) in [5.41, 5.74) is 9.51. The minimum Gasteiger partial charge on any atom is -0.384 e. The van der Waals surface area contributed by atoms with Crippen LogP contribution in [0.2, 0.25) is 0 Å².